The van der Waals surface area contributed by atoms with Crippen LogP contribution in [0.4, 0.5) is 0 Å². The number of esters is 2. The first-order valence-corrected chi connectivity index (χ1v) is 26.3. The highest BCUT2D eigenvalue weighted by molar-refractivity contribution is 5.70. The molecule has 0 aliphatic rings. The molecule has 0 amide bonds. The van der Waals surface area contributed by atoms with Crippen molar-refractivity contribution in [2.45, 2.75) is 238 Å². The van der Waals surface area contributed by atoms with Gasteiger partial charge in [0.1, 0.15) is 12.6 Å². The predicted molar refractivity (Wildman–Crippen MR) is 268 cm³/mol. The van der Waals surface area contributed by atoms with Crippen molar-refractivity contribution in [1.29, 1.82) is 0 Å². The molecule has 2 atom stereocenters. The van der Waals surface area contributed by atoms with Gasteiger partial charge in [0.15, 0.2) is 6.10 Å². The topological polar surface area (TPSA) is 102 Å². The number of aliphatic carboxylic acids is 1. The van der Waals surface area contributed by atoms with E-state index in [-0.39, 0.29) is 42.7 Å². The Balaban J connectivity index is 4.23. The van der Waals surface area contributed by atoms with Crippen LogP contribution < -0.4 is 5.11 Å². The Morgan fingerprint density at radius 2 is 0.922 bits per heavy atom. The third-order valence-corrected chi connectivity index (χ3v) is 11.7. The maximum absolute atomic E-state index is 12.8. The minimum Gasteiger partial charge on any atom is -0.544 e. The standard InChI is InChI=1S/C56H99NO7/c1-6-8-10-12-14-16-18-20-22-24-26-28-30-32-34-36-38-40-42-44-46-54(58)63-51-52(50-62-49-48-53(56(60)61)57(3,4)5)64-55(59)47-45-43-41-39-37-35-33-31-29-27-25-23-21-19-17-15-13-11-9-7-2/h9,11,15-18,20-23,52-53H,6-8,10,12-14,19,24-51H2,1-5H3/b11-9+,17-15+,18-16+,22-20+,23-21+. The van der Waals surface area contributed by atoms with E-state index in [4.69, 9.17) is 14.2 Å². The second-order valence-electron chi connectivity index (χ2n) is 18.8. The third-order valence-electron chi connectivity index (χ3n) is 11.7. The normalized spacial score (nSPS) is 13.3. The molecule has 0 fully saturated rings. The third kappa shape index (κ3) is 44.2. The van der Waals surface area contributed by atoms with Crippen molar-refractivity contribution >= 4 is 17.9 Å². The number of hydrogen-bond donors (Lipinski definition) is 0. The molecular formula is C56H99NO7. The molecule has 64 heavy (non-hydrogen) atoms. The summed E-state index contributed by atoms with van der Waals surface area (Å²) in [6.07, 6.45) is 58.2. The highest BCUT2D eigenvalue weighted by atomic mass is 16.6. The van der Waals surface area contributed by atoms with E-state index >= 15 is 0 Å². The molecule has 8 heteroatoms. The minimum absolute atomic E-state index is 0.0373. The summed E-state index contributed by atoms with van der Waals surface area (Å²) in [5, 5.41) is 11.7. The Morgan fingerprint density at radius 1 is 0.500 bits per heavy atom. The van der Waals surface area contributed by atoms with Gasteiger partial charge in [0.25, 0.3) is 0 Å². The van der Waals surface area contributed by atoms with Crippen molar-refractivity contribution in [2.75, 3.05) is 41.0 Å². The first-order chi connectivity index (χ1) is 31.1. The number of allylic oxidation sites excluding steroid dienone is 10. The quantitative estimate of drug-likeness (QED) is 0.0197. The van der Waals surface area contributed by atoms with Crippen LogP contribution in [0.15, 0.2) is 60.8 Å². The number of carboxylic acids is 1. The second-order valence-corrected chi connectivity index (χ2v) is 18.8. The first kappa shape index (κ1) is 61.0. The monoisotopic (exact) mass is 898 g/mol. The van der Waals surface area contributed by atoms with Gasteiger partial charge in [-0.2, -0.15) is 0 Å². The van der Waals surface area contributed by atoms with Crippen LogP contribution in [0, 0.1) is 0 Å². The lowest BCUT2D eigenvalue weighted by Crippen LogP contribution is -2.55. The minimum atomic E-state index is -1.13. The van der Waals surface area contributed by atoms with Crippen LogP contribution in [0.1, 0.15) is 226 Å². The summed E-state index contributed by atoms with van der Waals surface area (Å²) in [6.45, 7) is 4.55. The lowest BCUT2D eigenvalue weighted by Gasteiger charge is -2.34. The largest absolute Gasteiger partial charge is 0.544 e. The van der Waals surface area contributed by atoms with Gasteiger partial charge in [0, 0.05) is 19.3 Å². The second kappa shape index (κ2) is 46.6. The molecule has 0 aromatic carbocycles. The number of nitrogens with zero attached hydrogens (tertiary/aromatic N) is 1. The smallest absolute Gasteiger partial charge is 0.306 e. The number of carboxylic acid groups (broad SMARTS) is 1. The van der Waals surface area contributed by atoms with Crippen molar-refractivity contribution in [3.8, 4) is 0 Å². The Hall–Kier alpha value is -2.97. The lowest BCUT2D eigenvalue weighted by atomic mass is 10.0. The first-order valence-electron chi connectivity index (χ1n) is 26.3. The van der Waals surface area contributed by atoms with Gasteiger partial charge < -0.3 is 28.6 Å². The SMILES string of the molecule is CC/C=C/C/C=C/C/C=C/CCCCCCCCCCCCC(=O)OC(COCCC(C(=O)[O-])[N+](C)(C)C)COC(=O)CCCCCCCCCCCC/C=C/C=C/CCCCCC. The van der Waals surface area contributed by atoms with Crippen LogP contribution in [-0.2, 0) is 28.6 Å². The van der Waals surface area contributed by atoms with Crippen molar-refractivity contribution in [3.05, 3.63) is 60.8 Å². The fourth-order valence-electron chi connectivity index (χ4n) is 7.61. The molecule has 0 N–H and O–H groups in total. The van der Waals surface area contributed by atoms with Gasteiger partial charge in [-0.25, -0.2) is 0 Å². The fourth-order valence-corrected chi connectivity index (χ4v) is 7.61. The number of hydrogen-bond acceptors (Lipinski definition) is 7. The molecule has 8 nitrogen and oxygen atoms in total. The van der Waals surface area contributed by atoms with Gasteiger partial charge in [0.05, 0.1) is 40.3 Å². The molecule has 0 aromatic heterocycles. The number of quaternary nitrogens is 1. The highest BCUT2D eigenvalue weighted by Crippen LogP contribution is 2.15. The number of rotatable bonds is 47. The average molecular weight is 898 g/mol. The molecule has 0 heterocycles. The van der Waals surface area contributed by atoms with Crippen molar-refractivity contribution < 1.29 is 38.2 Å². The Kier molecular flexibility index (Phi) is 44.4. The van der Waals surface area contributed by atoms with Gasteiger partial charge in [-0.3, -0.25) is 9.59 Å². The molecule has 0 aliphatic heterocycles. The van der Waals surface area contributed by atoms with Gasteiger partial charge >= 0.3 is 11.9 Å². The summed E-state index contributed by atoms with van der Waals surface area (Å²) in [4.78, 5) is 37.1. The molecule has 0 spiro atoms. The average Bonchev–Trinajstić information content (AvgIpc) is 3.26. The Labute approximate surface area is 394 Å². The van der Waals surface area contributed by atoms with Crippen molar-refractivity contribution in [3.63, 3.8) is 0 Å². The molecule has 0 aliphatic carbocycles. The zero-order chi connectivity index (χ0) is 47.0. The summed E-state index contributed by atoms with van der Waals surface area (Å²) in [7, 11) is 5.42. The van der Waals surface area contributed by atoms with Crippen LogP contribution in [0.2, 0.25) is 0 Å². The van der Waals surface area contributed by atoms with Gasteiger partial charge in [-0.1, -0.05) is 197 Å². The molecule has 0 radical (unpaired) electrons. The summed E-state index contributed by atoms with van der Waals surface area (Å²) in [5.74, 6) is -1.74. The number of carbonyl (C=O) groups is 3. The number of ether oxygens (including phenoxy) is 3. The van der Waals surface area contributed by atoms with Crippen LogP contribution in [0.3, 0.4) is 0 Å². The summed E-state index contributed by atoms with van der Waals surface area (Å²) >= 11 is 0. The van der Waals surface area contributed by atoms with E-state index < -0.39 is 18.1 Å². The van der Waals surface area contributed by atoms with E-state index in [0.717, 1.165) is 57.8 Å². The molecule has 0 bridgehead atoms. The Morgan fingerprint density at radius 3 is 1.39 bits per heavy atom. The van der Waals surface area contributed by atoms with Crippen LogP contribution in [0.25, 0.3) is 0 Å². The van der Waals surface area contributed by atoms with E-state index in [1.54, 1.807) is 21.1 Å². The number of likely N-dealkylation sites (N-methyl/N-ethyl adjacent to an activating group) is 1. The van der Waals surface area contributed by atoms with Crippen molar-refractivity contribution in [1.82, 2.24) is 0 Å². The van der Waals surface area contributed by atoms with Crippen LogP contribution in [0.5, 0.6) is 0 Å². The molecular weight excluding hydrogens is 799 g/mol. The van der Waals surface area contributed by atoms with Crippen LogP contribution >= 0.6 is 0 Å². The Bertz CT molecular complexity index is 1230. The van der Waals surface area contributed by atoms with Gasteiger partial charge in [-0.15, -0.1) is 0 Å². The molecule has 370 valence electrons. The van der Waals surface area contributed by atoms with Crippen molar-refractivity contribution in [2.24, 2.45) is 0 Å². The highest BCUT2D eigenvalue weighted by Gasteiger charge is 2.25. The molecule has 2 unspecified atom stereocenters. The van der Waals surface area contributed by atoms with E-state index in [1.807, 2.05) is 0 Å². The maximum Gasteiger partial charge on any atom is 0.306 e. The molecule has 0 aromatic rings. The number of unbranched alkanes of at least 4 members (excludes halogenated alkanes) is 24. The summed E-state index contributed by atoms with van der Waals surface area (Å²) < 4.78 is 17.3. The zero-order valence-electron chi connectivity index (χ0n) is 42.2. The summed E-state index contributed by atoms with van der Waals surface area (Å²) in [6, 6.07) is -0.729. The molecule has 0 saturated heterocycles. The van der Waals surface area contributed by atoms with Gasteiger partial charge in [-0.05, 0) is 70.6 Å². The lowest BCUT2D eigenvalue weighted by molar-refractivity contribution is -0.889. The molecule has 0 saturated carbocycles. The van der Waals surface area contributed by atoms with Gasteiger partial charge in [0.2, 0.25) is 0 Å². The van der Waals surface area contributed by atoms with E-state index in [0.29, 0.717) is 12.8 Å². The van der Waals surface area contributed by atoms with E-state index in [9.17, 15) is 19.5 Å². The van der Waals surface area contributed by atoms with Crippen LogP contribution in [-0.4, -0.2) is 75.5 Å². The van der Waals surface area contributed by atoms with E-state index in [1.165, 1.54) is 135 Å². The predicted octanol–water partition coefficient (Wildman–Crippen LogP) is 14.0. The maximum atomic E-state index is 12.8. The fraction of sp³-hybridized carbons (Fsp3) is 0.768. The molecule has 0 rings (SSSR count). The zero-order valence-corrected chi connectivity index (χ0v) is 42.2. The van der Waals surface area contributed by atoms with E-state index in [2.05, 4.69) is 74.6 Å². The number of carbonyl (C=O) groups excluding carboxylic acids is 3. The summed E-state index contributed by atoms with van der Waals surface area (Å²) in [5.41, 5.74) is 0.